The van der Waals surface area contributed by atoms with Crippen LogP contribution in [0.15, 0.2) is 72.8 Å². The molecule has 0 N–H and O–H groups in total. The summed E-state index contributed by atoms with van der Waals surface area (Å²) in [5.74, 6) is -0.273. The Morgan fingerprint density at radius 2 is 1.50 bits per heavy atom. The van der Waals surface area contributed by atoms with Gasteiger partial charge in [0.1, 0.15) is 5.75 Å². The van der Waals surface area contributed by atoms with Gasteiger partial charge in [-0.3, -0.25) is 4.79 Å². The highest BCUT2D eigenvalue weighted by molar-refractivity contribution is 6.35. The van der Waals surface area contributed by atoms with Crippen LogP contribution in [-0.2, 0) is 0 Å². The van der Waals surface area contributed by atoms with E-state index in [-0.39, 0.29) is 5.78 Å². The SMILES string of the molecule is Cc1ccc(C(=O)Oc2ccc(C(=O)/C=C\c3ccc(Cl)cc3Cl)cc2)cc1. The van der Waals surface area contributed by atoms with Gasteiger partial charge in [-0.05, 0) is 73.2 Å². The summed E-state index contributed by atoms with van der Waals surface area (Å²) in [5.41, 5.74) is 2.69. The molecule has 3 nitrogen and oxygen atoms in total. The minimum Gasteiger partial charge on any atom is -0.423 e. The molecule has 3 aromatic rings. The Bertz CT molecular complexity index is 1040. The zero-order valence-electron chi connectivity index (χ0n) is 15.0. The van der Waals surface area contributed by atoms with E-state index in [0.717, 1.165) is 5.56 Å². The van der Waals surface area contributed by atoms with E-state index in [0.29, 0.717) is 32.5 Å². The third-order valence-electron chi connectivity index (χ3n) is 4.01. The van der Waals surface area contributed by atoms with Gasteiger partial charge in [-0.25, -0.2) is 4.79 Å². The lowest BCUT2D eigenvalue weighted by molar-refractivity contribution is 0.0734. The van der Waals surface area contributed by atoms with Crippen LogP contribution in [0.4, 0.5) is 0 Å². The molecule has 0 heterocycles. The number of esters is 1. The van der Waals surface area contributed by atoms with Crippen molar-refractivity contribution in [3.05, 3.63) is 105 Å². The van der Waals surface area contributed by atoms with Crippen molar-refractivity contribution in [2.75, 3.05) is 0 Å². The minimum atomic E-state index is -0.448. The molecule has 0 radical (unpaired) electrons. The summed E-state index contributed by atoms with van der Waals surface area (Å²) in [6.45, 7) is 1.94. The zero-order chi connectivity index (χ0) is 20.1. The first-order chi connectivity index (χ1) is 13.4. The number of halogens is 2. The highest BCUT2D eigenvalue weighted by Gasteiger charge is 2.09. The van der Waals surface area contributed by atoms with E-state index >= 15 is 0 Å². The highest BCUT2D eigenvalue weighted by atomic mass is 35.5. The van der Waals surface area contributed by atoms with Crippen LogP contribution in [0.1, 0.15) is 31.8 Å². The van der Waals surface area contributed by atoms with Gasteiger partial charge in [0, 0.05) is 15.6 Å². The number of benzene rings is 3. The molecule has 0 spiro atoms. The van der Waals surface area contributed by atoms with Gasteiger partial charge in [0.15, 0.2) is 5.78 Å². The quantitative estimate of drug-likeness (QED) is 0.211. The molecule has 140 valence electrons. The van der Waals surface area contributed by atoms with Crippen LogP contribution in [0.2, 0.25) is 10.0 Å². The summed E-state index contributed by atoms with van der Waals surface area (Å²) >= 11 is 12.0. The molecule has 3 rings (SSSR count). The summed E-state index contributed by atoms with van der Waals surface area (Å²) in [7, 11) is 0. The van der Waals surface area contributed by atoms with E-state index < -0.39 is 5.97 Å². The molecule has 0 bridgehead atoms. The Kier molecular flexibility index (Phi) is 6.30. The van der Waals surface area contributed by atoms with Crippen molar-refractivity contribution in [3.8, 4) is 5.75 Å². The fourth-order valence-electron chi connectivity index (χ4n) is 2.44. The monoisotopic (exact) mass is 410 g/mol. The van der Waals surface area contributed by atoms with E-state index in [1.807, 2.05) is 19.1 Å². The van der Waals surface area contributed by atoms with Crippen molar-refractivity contribution >= 4 is 41.0 Å². The number of allylic oxidation sites excluding steroid dienone is 1. The minimum absolute atomic E-state index is 0.192. The number of aryl methyl sites for hydroxylation is 1. The number of hydrogen-bond acceptors (Lipinski definition) is 3. The molecule has 0 atom stereocenters. The molecule has 0 saturated carbocycles. The van der Waals surface area contributed by atoms with Crippen LogP contribution in [-0.4, -0.2) is 11.8 Å². The number of ether oxygens (including phenoxy) is 1. The number of carbonyl (C=O) groups is 2. The van der Waals surface area contributed by atoms with Gasteiger partial charge in [-0.2, -0.15) is 0 Å². The van der Waals surface area contributed by atoms with Gasteiger partial charge in [-0.15, -0.1) is 0 Å². The Labute approximate surface area is 173 Å². The predicted octanol–water partition coefficient (Wildman–Crippen LogP) is 6.42. The molecule has 5 heteroatoms. The van der Waals surface area contributed by atoms with Gasteiger partial charge >= 0.3 is 5.97 Å². The maximum atomic E-state index is 12.3. The molecule has 0 saturated heterocycles. The lowest BCUT2D eigenvalue weighted by Gasteiger charge is -2.05. The van der Waals surface area contributed by atoms with Gasteiger partial charge < -0.3 is 4.74 Å². The molecule has 0 aliphatic heterocycles. The van der Waals surface area contributed by atoms with Crippen LogP contribution in [0, 0.1) is 6.92 Å². The summed E-state index contributed by atoms with van der Waals surface area (Å²) in [5, 5.41) is 0.999. The molecule has 3 aromatic carbocycles. The first-order valence-electron chi connectivity index (χ1n) is 8.49. The van der Waals surface area contributed by atoms with Gasteiger partial charge in [0.05, 0.1) is 5.56 Å². The van der Waals surface area contributed by atoms with Crippen LogP contribution in [0.5, 0.6) is 5.75 Å². The summed E-state index contributed by atoms with van der Waals surface area (Å²) in [6.07, 6.45) is 3.06. The molecule has 0 unspecified atom stereocenters. The van der Waals surface area contributed by atoms with Crippen molar-refractivity contribution in [1.82, 2.24) is 0 Å². The third kappa shape index (κ3) is 5.10. The van der Waals surface area contributed by atoms with Crippen LogP contribution in [0.25, 0.3) is 6.08 Å². The summed E-state index contributed by atoms with van der Waals surface area (Å²) in [4.78, 5) is 24.5. The Morgan fingerprint density at radius 3 is 2.14 bits per heavy atom. The van der Waals surface area contributed by atoms with Crippen molar-refractivity contribution < 1.29 is 14.3 Å². The van der Waals surface area contributed by atoms with Crippen LogP contribution >= 0.6 is 23.2 Å². The van der Waals surface area contributed by atoms with Gasteiger partial charge in [-0.1, -0.05) is 47.0 Å². The standard InChI is InChI=1S/C23H16Cl2O3/c1-15-2-4-18(5-3-15)23(27)28-20-11-7-17(8-12-20)22(26)13-9-16-6-10-19(24)14-21(16)25/h2-14H,1H3/b13-9-. The number of ketones is 1. The Hall–Kier alpha value is -2.88. The first-order valence-corrected chi connectivity index (χ1v) is 9.24. The largest absolute Gasteiger partial charge is 0.423 e. The van der Waals surface area contributed by atoms with E-state index in [2.05, 4.69) is 0 Å². The summed E-state index contributed by atoms with van der Waals surface area (Å²) < 4.78 is 5.33. The topological polar surface area (TPSA) is 43.4 Å². The normalized spacial score (nSPS) is 10.8. The zero-order valence-corrected chi connectivity index (χ0v) is 16.5. The lowest BCUT2D eigenvalue weighted by atomic mass is 10.1. The number of carbonyl (C=O) groups excluding carboxylic acids is 2. The molecule has 28 heavy (non-hydrogen) atoms. The predicted molar refractivity (Wildman–Crippen MR) is 112 cm³/mol. The molecule has 0 aliphatic rings. The maximum Gasteiger partial charge on any atom is 0.343 e. The van der Waals surface area contributed by atoms with Crippen LogP contribution in [0.3, 0.4) is 0 Å². The second-order valence-electron chi connectivity index (χ2n) is 6.14. The second kappa shape index (κ2) is 8.87. The molecule has 0 aliphatic carbocycles. The van der Waals surface area contributed by atoms with Crippen molar-refractivity contribution in [3.63, 3.8) is 0 Å². The average Bonchev–Trinajstić information content (AvgIpc) is 2.68. The fourth-order valence-corrected chi connectivity index (χ4v) is 2.91. The maximum absolute atomic E-state index is 12.3. The van der Waals surface area contributed by atoms with Crippen molar-refractivity contribution in [1.29, 1.82) is 0 Å². The number of rotatable bonds is 5. The Morgan fingerprint density at radius 1 is 0.857 bits per heavy atom. The Balaban J connectivity index is 1.66. The van der Waals surface area contributed by atoms with E-state index in [9.17, 15) is 9.59 Å². The van der Waals surface area contributed by atoms with E-state index in [4.69, 9.17) is 27.9 Å². The first kappa shape index (κ1) is 19.9. The fraction of sp³-hybridized carbons (Fsp3) is 0.0435. The smallest absolute Gasteiger partial charge is 0.343 e. The second-order valence-corrected chi connectivity index (χ2v) is 6.99. The molecule has 0 fully saturated rings. The van der Waals surface area contributed by atoms with Crippen molar-refractivity contribution in [2.24, 2.45) is 0 Å². The van der Waals surface area contributed by atoms with Crippen LogP contribution < -0.4 is 4.74 Å². The third-order valence-corrected chi connectivity index (χ3v) is 4.58. The lowest BCUT2D eigenvalue weighted by Crippen LogP contribution is -2.08. The average molecular weight is 411 g/mol. The highest BCUT2D eigenvalue weighted by Crippen LogP contribution is 2.22. The number of hydrogen-bond donors (Lipinski definition) is 0. The van der Waals surface area contributed by atoms with Gasteiger partial charge in [0.25, 0.3) is 0 Å². The molecule has 0 aromatic heterocycles. The molecular formula is C23H16Cl2O3. The molecule has 0 amide bonds. The van der Waals surface area contributed by atoms with E-state index in [1.165, 1.54) is 6.08 Å². The van der Waals surface area contributed by atoms with Crippen molar-refractivity contribution in [2.45, 2.75) is 6.92 Å². The van der Waals surface area contributed by atoms with Gasteiger partial charge in [0.2, 0.25) is 0 Å². The molecular weight excluding hydrogens is 395 g/mol. The summed E-state index contributed by atoms with van der Waals surface area (Å²) in [6, 6.07) is 18.5. The van der Waals surface area contributed by atoms with E-state index in [1.54, 1.807) is 60.7 Å².